The zero-order valence-electron chi connectivity index (χ0n) is 7.84. The monoisotopic (exact) mass is 199 g/mol. The lowest BCUT2D eigenvalue weighted by molar-refractivity contribution is 0.470. The Morgan fingerprint density at radius 1 is 1.54 bits per heavy atom. The number of rotatable bonds is 2. The molecule has 1 unspecified atom stereocenters. The van der Waals surface area contributed by atoms with E-state index in [0.717, 1.165) is 11.1 Å². The maximum Gasteiger partial charge on any atom is 0.120 e. The molecule has 1 aromatic carbocycles. The van der Waals surface area contributed by atoms with Crippen molar-refractivity contribution in [3.63, 3.8) is 0 Å². The topological polar surface area (TPSA) is 46.2 Å². The van der Waals surface area contributed by atoms with Gasteiger partial charge in [-0.05, 0) is 37.1 Å². The summed E-state index contributed by atoms with van der Waals surface area (Å²) < 4.78 is 0. The summed E-state index contributed by atoms with van der Waals surface area (Å²) >= 11 is 5.92. The van der Waals surface area contributed by atoms with Crippen molar-refractivity contribution >= 4 is 11.6 Å². The Bertz CT molecular complexity index is 289. The standard InChI is InChI=1S/C10H14ClNO/c1-6(5-12)8-3-9(11)7(2)10(13)4-8/h3-4,6,13H,5,12H2,1-2H3. The first-order valence-corrected chi connectivity index (χ1v) is 4.63. The van der Waals surface area contributed by atoms with Crippen LogP contribution in [0.5, 0.6) is 5.75 Å². The van der Waals surface area contributed by atoms with Crippen molar-refractivity contribution in [3.8, 4) is 5.75 Å². The second kappa shape index (κ2) is 3.99. The highest BCUT2D eigenvalue weighted by atomic mass is 35.5. The predicted molar refractivity (Wildman–Crippen MR) is 55.3 cm³/mol. The van der Waals surface area contributed by atoms with E-state index in [0.29, 0.717) is 11.6 Å². The lowest BCUT2D eigenvalue weighted by Crippen LogP contribution is -2.08. The van der Waals surface area contributed by atoms with Gasteiger partial charge >= 0.3 is 0 Å². The molecule has 0 saturated heterocycles. The number of benzene rings is 1. The van der Waals surface area contributed by atoms with Gasteiger partial charge in [-0.3, -0.25) is 0 Å². The molecule has 1 aromatic rings. The van der Waals surface area contributed by atoms with Gasteiger partial charge in [-0.15, -0.1) is 0 Å². The van der Waals surface area contributed by atoms with E-state index in [4.69, 9.17) is 17.3 Å². The maximum atomic E-state index is 9.50. The lowest BCUT2D eigenvalue weighted by atomic mass is 10.00. The Balaban J connectivity index is 3.13. The number of phenolic OH excluding ortho intramolecular Hbond substituents is 1. The number of nitrogens with two attached hydrogens (primary N) is 1. The highest BCUT2D eigenvalue weighted by molar-refractivity contribution is 6.31. The van der Waals surface area contributed by atoms with Gasteiger partial charge in [0.15, 0.2) is 0 Å². The van der Waals surface area contributed by atoms with Crippen molar-refractivity contribution in [2.24, 2.45) is 5.73 Å². The molecular weight excluding hydrogens is 186 g/mol. The molecule has 0 amide bonds. The van der Waals surface area contributed by atoms with Crippen molar-refractivity contribution in [2.75, 3.05) is 6.54 Å². The summed E-state index contributed by atoms with van der Waals surface area (Å²) in [6, 6.07) is 3.58. The fraction of sp³-hybridized carbons (Fsp3) is 0.400. The molecule has 2 nitrogen and oxygen atoms in total. The van der Waals surface area contributed by atoms with Crippen LogP contribution in [0.25, 0.3) is 0 Å². The highest BCUT2D eigenvalue weighted by Crippen LogP contribution is 2.29. The molecule has 0 heterocycles. The Labute approximate surface area is 83.3 Å². The van der Waals surface area contributed by atoms with Crippen molar-refractivity contribution in [1.82, 2.24) is 0 Å². The van der Waals surface area contributed by atoms with Gasteiger partial charge in [-0.25, -0.2) is 0 Å². The summed E-state index contributed by atoms with van der Waals surface area (Å²) in [7, 11) is 0. The maximum absolute atomic E-state index is 9.50. The van der Waals surface area contributed by atoms with Crippen molar-refractivity contribution < 1.29 is 5.11 Å². The zero-order valence-corrected chi connectivity index (χ0v) is 8.60. The third-order valence-electron chi connectivity index (χ3n) is 2.26. The highest BCUT2D eigenvalue weighted by Gasteiger charge is 2.08. The minimum atomic E-state index is 0.226. The predicted octanol–water partition coefficient (Wildman–Crippen LogP) is 2.42. The van der Waals surface area contributed by atoms with Crippen LogP contribution in [0.2, 0.25) is 5.02 Å². The first-order chi connectivity index (χ1) is 6.06. The van der Waals surface area contributed by atoms with Gasteiger partial charge in [0, 0.05) is 10.6 Å². The molecule has 0 spiro atoms. The van der Waals surface area contributed by atoms with Gasteiger partial charge in [0.2, 0.25) is 0 Å². The van der Waals surface area contributed by atoms with Crippen molar-refractivity contribution in [1.29, 1.82) is 0 Å². The van der Waals surface area contributed by atoms with Crippen LogP contribution in [-0.2, 0) is 0 Å². The van der Waals surface area contributed by atoms with Crippen LogP contribution < -0.4 is 5.73 Å². The van der Waals surface area contributed by atoms with Gasteiger partial charge in [0.25, 0.3) is 0 Å². The number of aromatic hydroxyl groups is 1. The number of halogens is 1. The zero-order chi connectivity index (χ0) is 10.0. The first kappa shape index (κ1) is 10.4. The molecular formula is C10H14ClNO. The Kier molecular flexibility index (Phi) is 3.17. The SMILES string of the molecule is Cc1c(O)cc(C(C)CN)cc1Cl. The summed E-state index contributed by atoms with van der Waals surface area (Å²) in [5, 5.41) is 10.1. The third-order valence-corrected chi connectivity index (χ3v) is 2.65. The van der Waals surface area contributed by atoms with Crippen LogP contribution in [0.15, 0.2) is 12.1 Å². The first-order valence-electron chi connectivity index (χ1n) is 4.25. The van der Waals surface area contributed by atoms with E-state index >= 15 is 0 Å². The van der Waals surface area contributed by atoms with Gasteiger partial charge < -0.3 is 10.8 Å². The van der Waals surface area contributed by atoms with Crippen LogP contribution in [0.3, 0.4) is 0 Å². The summed E-state index contributed by atoms with van der Waals surface area (Å²) in [5.74, 6) is 0.465. The second-order valence-corrected chi connectivity index (χ2v) is 3.69. The molecule has 0 radical (unpaired) electrons. The van der Waals surface area contributed by atoms with Crippen LogP contribution >= 0.6 is 11.6 Å². The number of phenols is 1. The molecule has 13 heavy (non-hydrogen) atoms. The molecule has 1 atom stereocenters. The second-order valence-electron chi connectivity index (χ2n) is 3.28. The van der Waals surface area contributed by atoms with E-state index in [1.165, 1.54) is 0 Å². The average molecular weight is 200 g/mol. The van der Waals surface area contributed by atoms with E-state index in [1.807, 2.05) is 13.0 Å². The largest absolute Gasteiger partial charge is 0.508 e. The number of hydrogen-bond acceptors (Lipinski definition) is 2. The van der Waals surface area contributed by atoms with E-state index in [-0.39, 0.29) is 11.7 Å². The molecule has 72 valence electrons. The van der Waals surface area contributed by atoms with E-state index < -0.39 is 0 Å². The quantitative estimate of drug-likeness (QED) is 0.769. The Morgan fingerprint density at radius 3 is 2.62 bits per heavy atom. The number of hydrogen-bond donors (Lipinski definition) is 2. The summed E-state index contributed by atoms with van der Waals surface area (Å²) in [4.78, 5) is 0. The molecule has 0 fully saturated rings. The minimum Gasteiger partial charge on any atom is -0.508 e. The van der Waals surface area contributed by atoms with Crippen molar-refractivity contribution in [2.45, 2.75) is 19.8 Å². The summed E-state index contributed by atoms with van der Waals surface area (Å²) in [6.07, 6.45) is 0. The van der Waals surface area contributed by atoms with Gasteiger partial charge in [-0.2, -0.15) is 0 Å². The Hall–Kier alpha value is -0.730. The summed E-state index contributed by atoms with van der Waals surface area (Å²) in [6.45, 7) is 4.34. The van der Waals surface area contributed by atoms with Crippen molar-refractivity contribution in [3.05, 3.63) is 28.3 Å². The molecule has 3 N–H and O–H groups in total. The van der Waals surface area contributed by atoms with E-state index in [2.05, 4.69) is 0 Å². The average Bonchev–Trinajstić information content (AvgIpc) is 2.12. The smallest absolute Gasteiger partial charge is 0.120 e. The molecule has 0 bridgehead atoms. The lowest BCUT2D eigenvalue weighted by Gasteiger charge is -2.11. The van der Waals surface area contributed by atoms with Crippen LogP contribution in [0.4, 0.5) is 0 Å². The summed E-state index contributed by atoms with van der Waals surface area (Å²) in [5.41, 5.74) is 7.22. The fourth-order valence-electron chi connectivity index (χ4n) is 1.11. The van der Waals surface area contributed by atoms with Crippen LogP contribution in [-0.4, -0.2) is 11.7 Å². The molecule has 0 saturated carbocycles. The van der Waals surface area contributed by atoms with Crippen LogP contribution in [0.1, 0.15) is 24.0 Å². The molecule has 0 aliphatic rings. The normalized spacial score (nSPS) is 12.9. The van der Waals surface area contributed by atoms with E-state index in [1.54, 1.807) is 13.0 Å². The fourth-order valence-corrected chi connectivity index (χ4v) is 1.33. The molecule has 1 rings (SSSR count). The third kappa shape index (κ3) is 2.14. The Morgan fingerprint density at radius 2 is 2.15 bits per heavy atom. The molecule has 3 heteroatoms. The minimum absolute atomic E-state index is 0.226. The van der Waals surface area contributed by atoms with Crippen LogP contribution in [0, 0.1) is 6.92 Å². The molecule has 0 aliphatic carbocycles. The molecule has 0 aliphatic heterocycles. The van der Waals surface area contributed by atoms with Gasteiger partial charge in [0.05, 0.1) is 0 Å². The van der Waals surface area contributed by atoms with Gasteiger partial charge in [-0.1, -0.05) is 18.5 Å². The van der Waals surface area contributed by atoms with Gasteiger partial charge in [0.1, 0.15) is 5.75 Å². The molecule has 0 aromatic heterocycles. The van der Waals surface area contributed by atoms with E-state index in [9.17, 15) is 5.11 Å².